The average Bonchev–Trinajstić information content (AvgIpc) is 3.00. The number of carboxylic acid groups (broad SMARTS) is 1. The smallest absolute Gasteiger partial charge is 0.326 e. The first-order valence-electron chi connectivity index (χ1n) is 6.10. The van der Waals surface area contributed by atoms with Gasteiger partial charge in [0.25, 0.3) is 0 Å². The van der Waals surface area contributed by atoms with Crippen LogP contribution < -0.4 is 5.73 Å². The molecular formula is C12H23NO3. The largest absolute Gasteiger partial charge is 0.480 e. The lowest BCUT2D eigenvalue weighted by molar-refractivity contribution is -0.147. The maximum atomic E-state index is 11.1. The molecule has 16 heavy (non-hydrogen) atoms. The zero-order valence-electron chi connectivity index (χ0n) is 10.2. The van der Waals surface area contributed by atoms with E-state index in [1.54, 1.807) is 0 Å². The molecule has 4 nitrogen and oxygen atoms in total. The molecule has 0 aliphatic heterocycles. The quantitative estimate of drug-likeness (QED) is 0.663. The Morgan fingerprint density at radius 2 is 2.25 bits per heavy atom. The summed E-state index contributed by atoms with van der Waals surface area (Å²) in [7, 11) is 0. The number of nitrogens with two attached hydrogens (primary N) is 1. The van der Waals surface area contributed by atoms with Crippen LogP contribution in [0.5, 0.6) is 0 Å². The topological polar surface area (TPSA) is 72.5 Å². The fourth-order valence-corrected chi connectivity index (χ4v) is 1.96. The van der Waals surface area contributed by atoms with Crippen molar-refractivity contribution in [1.29, 1.82) is 0 Å². The van der Waals surface area contributed by atoms with Gasteiger partial charge in [0, 0.05) is 6.61 Å². The Bertz CT molecular complexity index is 240. The Morgan fingerprint density at radius 1 is 1.62 bits per heavy atom. The summed E-state index contributed by atoms with van der Waals surface area (Å²) in [5.74, 6) is -0.355. The van der Waals surface area contributed by atoms with Crippen molar-refractivity contribution in [2.45, 2.75) is 45.1 Å². The van der Waals surface area contributed by atoms with E-state index in [4.69, 9.17) is 15.6 Å². The standard InChI is InChI=1S/C12H23NO3/c1-3-4-9(2)7-16-8-12(13,11(14)15)10-5-6-10/h9-10H,3-8,13H2,1-2H3,(H,14,15). The van der Waals surface area contributed by atoms with Gasteiger partial charge in [-0.2, -0.15) is 0 Å². The van der Waals surface area contributed by atoms with Crippen molar-refractivity contribution in [3.05, 3.63) is 0 Å². The molecule has 1 aliphatic rings. The zero-order chi connectivity index (χ0) is 12.2. The molecule has 0 spiro atoms. The Morgan fingerprint density at radius 3 is 2.69 bits per heavy atom. The van der Waals surface area contributed by atoms with Crippen molar-refractivity contribution in [2.75, 3.05) is 13.2 Å². The van der Waals surface area contributed by atoms with Gasteiger partial charge in [-0.05, 0) is 31.1 Å². The summed E-state index contributed by atoms with van der Waals surface area (Å²) in [4.78, 5) is 11.1. The summed E-state index contributed by atoms with van der Waals surface area (Å²) in [5, 5.41) is 9.11. The molecule has 1 aliphatic carbocycles. The van der Waals surface area contributed by atoms with Gasteiger partial charge in [0.1, 0.15) is 5.54 Å². The molecule has 0 saturated heterocycles. The van der Waals surface area contributed by atoms with Crippen LogP contribution >= 0.6 is 0 Å². The molecule has 0 aromatic heterocycles. The molecule has 0 heterocycles. The Labute approximate surface area is 97.2 Å². The highest BCUT2D eigenvalue weighted by molar-refractivity contribution is 5.79. The number of aliphatic carboxylic acids is 1. The van der Waals surface area contributed by atoms with E-state index in [-0.39, 0.29) is 12.5 Å². The SMILES string of the molecule is CCCC(C)COCC(N)(C(=O)O)C1CC1. The zero-order valence-corrected chi connectivity index (χ0v) is 10.2. The molecule has 0 aromatic rings. The molecule has 1 saturated carbocycles. The van der Waals surface area contributed by atoms with Gasteiger partial charge in [-0.1, -0.05) is 20.3 Å². The lowest BCUT2D eigenvalue weighted by Gasteiger charge is -2.25. The lowest BCUT2D eigenvalue weighted by atomic mass is 9.96. The lowest BCUT2D eigenvalue weighted by Crippen LogP contribution is -2.54. The molecule has 3 N–H and O–H groups in total. The second-order valence-corrected chi connectivity index (χ2v) is 5.03. The molecule has 0 aromatic carbocycles. The summed E-state index contributed by atoms with van der Waals surface area (Å²) in [6, 6.07) is 0. The van der Waals surface area contributed by atoms with Crippen LogP contribution in [0.2, 0.25) is 0 Å². The molecule has 2 unspecified atom stereocenters. The second kappa shape index (κ2) is 5.64. The number of ether oxygens (including phenoxy) is 1. The third-order valence-corrected chi connectivity index (χ3v) is 3.23. The predicted molar refractivity (Wildman–Crippen MR) is 62.2 cm³/mol. The summed E-state index contributed by atoms with van der Waals surface area (Å²) in [6.45, 7) is 4.98. The number of hydrogen-bond donors (Lipinski definition) is 2. The van der Waals surface area contributed by atoms with E-state index in [1.165, 1.54) is 0 Å². The van der Waals surface area contributed by atoms with Gasteiger partial charge < -0.3 is 15.6 Å². The minimum absolute atomic E-state index is 0.103. The molecule has 1 fully saturated rings. The van der Waals surface area contributed by atoms with Crippen LogP contribution in [0.4, 0.5) is 0 Å². The highest BCUT2D eigenvalue weighted by Crippen LogP contribution is 2.38. The van der Waals surface area contributed by atoms with E-state index in [1.807, 2.05) is 0 Å². The van der Waals surface area contributed by atoms with E-state index in [9.17, 15) is 4.79 Å². The Kier molecular flexibility index (Phi) is 4.74. The molecule has 4 heteroatoms. The summed E-state index contributed by atoms with van der Waals surface area (Å²) < 4.78 is 5.47. The van der Waals surface area contributed by atoms with Gasteiger partial charge in [0.15, 0.2) is 0 Å². The Hall–Kier alpha value is -0.610. The van der Waals surface area contributed by atoms with Crippen molar-refractivity contribution >= 4 is 5.97 Å². The molecule has 2 atom stereocenters. The van der Waals surface area contributed by atoms with Crippen molar-refractivity contribution < 1.29 is 14.6 Å². The van der Waals surface area contributed by atoms with E-state index in [2.05, 4.69) is 13.8 Å². The summed E-state index contributed by atoms with van der Waals surface area (Å²) in [5.41, 5.74) is 4.72. The monoisotopic (exact) mass is 229 g/mol. The van der Waals surface area contributed by atoms with E-state index in [0.717, 1.165) is 25.7 Å². The van der Waals surface area contributed by atoms with E-state index >= 15 is 0 Å². The van der Waals surface area contributed by atoms with Gasteiger partial charge in [-0.3, -0.25) is 4.79 Å². The van der Waals surface area contributed by atoms with Crippen LogP contribution in [0, 0.1) is 11.8 Å². The number of hydrogen-bond acceptors (Lipinski definition) is 3. The molecule has 1 rings (SSSR count). The maximum absolute atomic E-state index is 11.1. The first kappa shape index (κ1) is 13.5. The van der Waals surface area contributed by atoms with Gasteiger partial charge in [0.05, 0.1) is 6.61 Å². The maximum Gasteiger partial charge on any atom is 0.326 e. The highest BCUT2D eigenvalue weighted by Gasteiger charge is 2.48. The molecule has 0 bridgehead atoms. The van der Waals surface area contributed by atoms with Crippen molar-refractivity contribution in [2.24, 2.45) is 17.6 Å². The minimum Gasteiger partial charge on any atom is -0.480 e. The predicted octanol–water partition coefficient (Wildman–Crippen LogP) is 1.63. The van der Waals surface area contributed by atoms with Crippen molar-refractivity contribution in [1.82, 2.24) is 0 Å². The van der Waals surface area contributed by atoms with Crippen LogP contribution in [0.1, 0.15) is 39.5 Å². The normalized spacial score (nSPS) is 21.4. The molecule has 0 amide bonds. The molecular weight excluding hydrogens is 206 g/mol. The van der Waals surface area contributed by atoms with Crippen molar-refractivity contribution in [3.63, 3.8) is 0 Å². The van der Waals surface area contributed by atoms with Crippen molar-refractivity contribution in [3.8, 4) is 0 Å². The minimum atomic E-state index is -1.16. The first-order valence-corrected chi connectivity index (χ1v) is 6.10. The van der Waals surface area contributed by atoms with Crippen LogP contribution in [0.25, 0.3) is 0 Å². The van der Waals surface area contributed by atoms with Crippen LogP contribution in [-0.4, -0.2) is 29.8 Å². The molecule has 94 valence electrons. The highest BCUT2D eigenvalue weighted by atomic mass is 16.5. The fraction of sp³-hybridized carbons (Fsp3) is 0.917. The summed E-state index contributed by atoms with van der Waals surface area (Å²) >= 11 is 0. The third kappa shape index (κ3) is 3.46. The number of carboxylic acids is 1. The van der Waals surface area contributed by atoms with E-state index < -0.39 is 11.5 Å². The summed E-state index contributed by atoms with van der Waals surface area (Å²) in [6.07, 6.45) is 4.06. The Balaban J connectivity index is 2.31. The van der Waals surface area contributed by atoms with Gasteiger partial charge >= 0.3 is 5.97 Å². The van der Waals surface area contributed by atoms with Gasteiger partial charge in [-0.25, -0.2) is 0 Å². The number of rotatable bonds is 8. The average molecular weight is 229 g/mol. The van der Waals surface area contributed by atoms with Crippen LogP contribution in [0.3, 0.4) is 0 Å². The fourth-order valence-electron chi connectivity index (χ4n) is 1.96. The van der Waals surface area contributed by atoms with Crippen LogP contribution in [0.15, 0.2) is 0 Å². The third-order valence-electron chi connectivity index (χ3n) is 3.23. The van der Waals surface area contributed by atoms with Gasteiger partial charge in [0.2, 0.25) is 0 Å². The van der Waals surface area contributed by atoms with Gasteiger partial charge in [-0.15, -0.1) is 0 Å². The molecule has 0 radical (unpaired) electrons. The first-order chi connectivity index (χ1) is 7.50. The second-order valence-electron chi connectivity index (χ2n) is 5.03. The number of carbonyl (C=O) groups is 1. The van der Waals surface area contributed by atoms with Crippen LogP contribution in [-0.2, 0) is 9.53 Å². The van der Waals surface area contributed by atoms with E-state index in [0.29, 0.717) is 12.5 Å².